The number of hydrogen-bond donors (Lipinski definition) is 3. The zero-order valence-electron chi connectivity index (χ0n) is 10.0. The summed E-state index contributed by atoms with van der Waals surface area (Å²) in [7, 11) is -3.11. The molecule has 0 aliphatic heterocycles. The molecule has 7 heteroatoms. The average Bonchev–Trinajstić information content (AvgIpc) is 2.15. The molecule has 0 saturated carbocycles. The molecule has 1 unspecified atom stereocenters. The molecule has 0 aromatic heterocycles. The first-order valence-corrected chi connectivity index (χ1v) is 7.21. The zero-order valence-corrected chi connectivity index (χ0v) is 10.9. The van der Waals surface area contributed by atoms with Crippen molar-refractivity contribution in [3.63, 3.8) is 0 Å². The number of likely N-dealkylation sites (N-methyl/N-ethyl adjacent to an activating group) is 1. The Hall–Kier alpha value is -0.660. The van der Waals surface area contributed by atoms with Gasteiger partial charge < -0.3 is 10.6 Å². The molecule has 16 heavy (non-hydrogen) atoms. The minimum absolute atomic E-state index is 0.0430. The number of rotatable bonds is 8. The van der Waals surface area contributed by atoms with Gasteiger partial charge in [0.1, 0.15) is 0 Å². The number of nitrogens with one attached hydrogen (secondary N) is 3. The van der Waals surface area contributed by atoms with Crippen LogP contribution in [0.1, 0.15) is 20.3 Å². The van der Waals surface area contributed by atoms with Gasteiger partial charge in [-0.05, 0) is 26.8 Å². The van der Waals surface area contributed by atoms with E-state index in [0.29, 0.717) is 26.1 Å². The monoisotopic (exact) mass is 251 g/mol. The quantitative estimate of drug-likeness (QED) is 0.485. The molecule has 0 fully saturated rings. The average molecular weight is 251 g/mol. The highest BCUT2D eigenvalue weighted by atomic mass is 32.2. The molecule has 0 aliphatic rings. The second-order valence-corrected chi connectivity index (χ2v) is 5.42. The Kier molecular flexibility index (Phi) is 7.27. The molecular formula is C9H21N3O3S. The smallest absolute Gasteiger partial charge is 0.236 e. The predicted octanol–water partition coefficient (Wildman–Crippen LogP) is -0.960. The first-order chi connectivity index (χ1) is 7.37. The molecule has 0 bridgehead atoms. The van der Waals surface area contributed by atoms with E-state index in [2.05, 4.69) is 15.4 Å². The second kappa shape index (κ2) is 7.59. The van der Waals surface area contributed by atoms with Gasteiger partial charge in [-0.1, -0.05) is 0 Å². The van der Waals surface area contributed by atoms with Crippen molar-refractivity contribution >= 4 is 15.9 Å². The summed E-state index contributed by atoms with van der Waals surface area (Å²) < 4.78 is 23.8. The molecule has 6 nitrogen and oxygen atoms in total. The molecule has 0 aliphatic carbocycles. The Morgan fingerprint density at radius 1 is 1.31 bits per heavy atom. The summed E-state index contributed by atoms with van der Waals surface area (Å²) in [5, 5.41) is 5.70. The van der Waals surface area contributed by atoms with Gasteiger partial charge in [0.05, 0.1) is 12.3 Å². The van der Waals surface area contributed by atoms with Crippen molar-refractivity contribution in [2.45, 2.75) is 26.3 Å². The van der Waals surface area contributed by atoms with E-state index in [1.807, 2.05) is 6.92 Å². The minimum Gasteiger partial charge on any atom is -0.355 e. The molecule has 0 aromatic rings. The van der Waals surface area contributed by atoms with E-state index < -0.39 is 10.0 Å². The molecule has 1 atom stereocenters. The van der Waals surface area contributed by atoms with Crippen molar-refractivity contribution < 1.29 is 13.2 Å². The van der Waals surface area contributed by atoms with E-state index in [4.69, 9.17) is 0 Å². The van der Waals surface area contributed by atoms with Crippen LogP contribution in [0.5, 0.6) is 0 Å². The fraction of sp³-hybridized carbons (Fsp3) is 0.889. The van der Waals surface area contributed by atoms with Crippen LogP contribution in [0.25, 0.3) is 0 Å². The molecule has 0 saturated heterocycles. The van der Waals surface area contributed by atoms with Crippen molar-refractivity contribution in [2.75, 3.05) is 25.9 Å². The summed E-state index contributed by atoms with van der Waals surface area (Å²) >= 11 is 0. The number of carbonyl (C=O) groups is 1. The standard InChI is InChI=1S/C9H21N3O3S/c1-4-10-9(13)8(2)11-6-5-7-12-16(3,14)15/h8,11-12H,4-7H2,1-3H3,(H,10,13). The highest BCUT2D eigenvalue weighted by molar-refractivity contribution is 7.88. The maximum Gasteiger partial charge on any atom is 0.236 e. The predicted molar refractivity (Wildman–Crippen MR) is 63.6 cm³/mol. The summed E-state index contributed by atoms with van der Waals surface area (Å²) in [5.74, 6) is -0.0430. The lowest BCUT2D eigenvalue weighted by Crippen LogP contribution is -2.42. The number of carbonyl (C=O) groups excluding carboxylic acids is 1. The molecule has 3 N–H and O–H groups in total. The van der Waals surface area contributed by atoms with Gasteiger partial charge >= 0.3 is 0 Å². The largest absolute Gasteiger partial charge is 0.355 e. The van der Waals surface area contributed by atoms with Crippen LogP contribution in [-0.4, -0.2) is 46.3 Å². The first kappa shape index (κ1) is 15.3. The van der Waals surface area contributed by atoms with Gasteiger partial charge in [0, 0.05) is 13.1 Å². The van der Waals surface area contributed by atoms with E-state index in [0.717, 1.165) is 6.26 Å². The summed E-state index contributed by atoms with van der Waals surface area (Å²) in [6.07, 6.45) is 1.77. The molecule has 0 radical (unpaired) electrons. The highest BCUT2D eigenvalue weighted by Crippen LogP contribution is 1.84. The second-order valence-electron chi connectivity index (χ2n) is 3.59. The summed E-state index contributed by atoms with van der Waals surface area (Å²) in [6.45, 7) is 5.23. The Morgan fingerprint density at radius 2 is 1.94 bits per heavy atom. The van der Waals surface area contributed by atoms with E-state index in [9.17, 15) is 13.2 Å². The third kappa shape index (κ3) is 8.63. The highest BCUT2D eigenvalue weighted by Gasteiger charge is 2.09. The van der Waals surface area contributed by atoms with Gasteiger partial charge in [-0.15, -0.1) is 0 Å². The lowest BCUT2D eigenvalue weighted by atomic mass is 10.3. The third-order valence-corrected chi connectivity index (χ3v) is 2.64. The van der Waals surface area contributed by atoms with Crippen LogP contribution in [-0.2, 0) is 14.8 Å². The Labute approximate surface area is 97.2 Å². The number of sulfonamides is 1. The fourth-order valence-electron chi connectivity index (χ4n) is 1.08. The lowest BCUT2D eigenvalue weighted by Gasteiger charge is -2.12. The van der Waals surface area contributed by atoms with Crippen molar-refractivity contribution in [3.05, 3.63) is 0 Å². The molecule has 0 rings (SSSR count). The topological polar surface area (TPSA) is 87.3 Å². The SMILES string of the molecule is CCNC(=O)C(C)NCCCNS(C)(=O)=O. The van der Waals surface area contributed by atoms with Gasteiger partial charge in [0.15, 0.2) is 0 Å². The van der Waals surface area contributed by atoms with Gasteiger partial charge in [-0.25, -0.2) is 13.1 Å². The van der Waals surface area contributed by atoms with Crippen molar-refractivity contribution in [3.8, 4) is 0 Å². The lowest BCUT2D eigenvalue weighted by molar-refractivity contribution is -0.122. The van der Waals surface area contributed by atoms with Crippen molar-refractivity contribution in [1.29, 1.82) is 0 Å². The Balaban J connectivity index is 3.55. The number of amides is 1. The molecule has 1 amide bonds. The minimum atomic E-state index is -3.11. The third-order valence-electron chi connectivity index (χ3n) is 1.91. The molecule has 0 heterocycles. The maximum absolute atomic E-state index is 11.3. The van der Waals surface area contributed by atoms with Crippen LogP contribution >= 0.6 is 0 Å². The molecule has 0 spiro atoms. The fourth-order valence-corrected chi connectivity index (χ4v) is 1.60. The van der Waals surface area contributed by atoms with Crippen LogP contribution in [0.2, 0.25) is 0 Å². The summed E-state index contributed by atoms with van der Waals surface area (Å²) in [4.78, 5) is 11.3. The van der Waals surface area contributed by atoms with Gasteiger partial charge in [-0.3, -0.25) is 4.79 Å². The van der Waals surface area contributed by atoms with Gasteiger partial charge in [0.25, 0.3) is 0 Å². The zero-order chi connectivity index (χ0) is 12.6. The number of hydrogen-bond acceptors (Lipinski definition) is 4. The van der Waals surface area contributed by atoms with Crippen LogP contribution in [0.15, 0.2) is 0 Å². The van der Waals surface area contributed by atoms with Crippen LogP contribution in [0, 0.1) is 0 Å². The van der Waals surface area contributed by atoms with Gasteiger partial charge in [-0.2, -0.15) is 0 Å². The van der Waals surface area contributed by atoms with E-state index in [1.54, 1.807) is 6.92 Å². The Bertz CT molecular complexity index is 303. The first-order valence-electron chi connectivity index (χ1n) is 5.32. The molecule has 96 valence electrons. The van der Waals surface area contributed by atoms with E-state index in [-0.39, 0.29) is 11.9 Å². The van der Waals surface area contributed by atoms with Crippen LogP contribution < -0.4 is 15.4 Å². The Morgan fingerprint density at radius 3 is 2.44 bits per heavy atom. The normalized spacial score (nSPS) is 13.4. The molecular weight excluding hydrogens is 230 g/mol. The molecule has 0 aromatic carbocycles. The van der Waals surface area contributed by atoms with Gasteiger partial charge in [0.2, 0.25) is 15.9 Å². The maximum atomic E-state index is 11.3. The van der Waals surface area contributed by atoms with Crippen molar-refractivity contribution in [1.82, 2.24) is 15.4 Å². The van der Waals surface area contributed by atoms with E-state index >= 15 is 0 Å². The van der Waals surface area contributed by atoms with Crippen LogP contribution in [0.3, 0.4) is 0 Å². The van der Waals surface area contributed by atoms with Crippen LogP contribution in [0.4, 0.5) is 0 Å². The van der Waals surface area contributed by atoms with E-state index in [1.165, 1.54) is 0 Å². The summed E-state index contributed by atoms with van der Waals surface area (Å²) in [6, 6.07) is -0.252. The van der Waals surface area contributed by atoms with Crippen molar-refractivity contribution in [2.24, 2.45) is 0 Å². The summed E-state index contributed by atoms with van der Waals surface area (Å²) in [5.41, 5.74) is 0.